The highest BCUT2D eigenvalue weighted by molar-refractivity contribution is 5.37. The number of halogens is 1. The van der Waals surface area contributed by atoms with Crippen molar-refractivity contribution in [3.8, 4) is 17.6 Å². The normalized spacial score (nSPS) is 13.3. The molecule has 0 amide bonds. The van der Waals surface area contributed by atoms with Crippen LogP contribution in [0.15, 0.2) is 48.5 Å². The van der Waals surface area contributed by atoms with Gasteiger partial charge in [0.1, 0.15) is 11.5 Å². The Hall–Kier alpha value is -2.54. The Morgan fingerprint density at radius 3 is 1.81 bits per heavy atom. The lowest BCUT2D eigenvalue weighted by Gasteiger charge is -2.22. The second-order valence-electron chi connectivity index (χ2n) is 4.87. The van der Waals surface area contributed by atoms with E-state index in [9.17, 15) is 19.9 Å². The van der Waals surface area contributed by atoms with Crippen LogP contribution in [0.1, 0.15) is 29.4 Å². The summed E-state index contributed by atoms with van der Waals surface area (Å²) < 4.78 is 12.9. The van der Waals surface area contributed by atoms with Crippen molar-refractivity contribution in [2.75, 3.05) is 6.67 Å². The quantitative estimate of drug-likeness (QED) is 0.877. The lowest BCUT2D eigenvalue weighted by atomic mass is 9.80. The SMILES string of the molecule is N#C[C@@H](c1ccc(O)cc1)[C@H](CCF)c1ccc(O)cc1. The van der Waals surface area contributed by atoms with Crippen molar-refractivity contribution >= 4 is 0 Å². The molecule has 21 heavy (non-hydrogen) atoms. The molecule has 2 N–H and O–H groups in total. The first-order valence-electron chi connectivity index (χ1n) is 6.69. The standard InChI is InChI=1S/C17H16FNO2/c18-10-9-16(12-1-5-14(20)6-2-12)17(11-19)13-3-7-15(21)8-4-13/h1-8,16-17,20-21H,9-10H2/t16-,17+/m1/s1. The average Bonchev–Trinajstić information content (AvgIpc) is 2.50. The molecule has 4 heteroatoms. The number of hydrogen-bond donors (Lipinski definition) is 2. The highest BCUT2D eigenvalue weighted by atomic mass is 19.1. The van der Waals surface area contributed by atoms with Crippen molar-refractivity contribution in [3.05, 3.63) is 59.7 Å². The molecule has 0 radical (unpaired) electrons. The van der Waals surface area contributed by atoms with Crippen LogP contribution >= 0.6 is 0 Å². The Kier molecular flexibility index (Phi) is 4.78. The first-order chi connectivity index (χ1) is 10.2. The molecule has 0 aromatic heterocycles. The Morgan fingerprint density at radius 1 is 0.905 bits per heavy atom. The van der Waals surface area contributed by atoms with E-state index < -0.39 is 12.6 Å². The third kappa shape index (κ3) is 3.51. The van der Waals surface area contributed by atoms with Gasteiger partial charge in [0.15, 0.2) is 0 Å². The number of nitriles is 1. The van der Waals surface area contributed by atoms with Gasteiger partial charge in [0.05, 0.1) is 18.7 Å². The van der Waals surface area contributed by atoms with Crippen molar-refractivity contribution in [2.45, 2.75) is 18.3 Å². The maximum absolute atomic E-state index is 12.9. The second-order valence-corrected chi connectivity index (χ2v) is 4.87. The molecule has 0 heterocycles. The minimum absolute atomic E-state index is 0.127. The summed E-state index contributed by atoms with van der Waals surface area (Å²) in [5, 5.41) is 28.2. The fraction of sp³-hybridized carbons (Fsp3) is 0.235. The van der Waals surface area contributed by atoms with Crippen LogP contribution in [0.25, 0.3) is 0 Å². The molecule has 0 saturated heterocycles. The van der Waals surface area contributed by atoms with Gasteiger partial charge in [0.2, 0.25) is 0 Å². The van der Waals surface area contributed by atoms with Gasteiger partial charge in [-0.05, 0) is 41.8 Å². The van der Waals surface area contributed by atoms with Gasteiger partial charge in [-0.3, -0.25) is 4.39 Å². The van der Waals surface area contributed by atoms with Crippen molar-refractivity contribution < 1.29 is 14.6 Å². The molecule has 3 nitrogen and oxygen atoms in total. The minimum Gasteiger partial charge on any atom is -0.508 e. The number of phenolic OH excluding ortho intramolecular Hbond substituents is 2. The van der Waals surface area contributed by atoms with Gasteiger partial charge in [-0.25, -0.2) is 0 Å². The average molecular weight is 285 g/mol. The van der Waals surface area contributed by atoms with E-state index in [0.717, 1.165) is 11.1 Å². The van der Waals surface area contributed by atoms with Crippen LogP contribution in [0.5, 0.6) is 11.5 Å². The minimum atomic E-state index is -0.526. The molecule has 0 aliphatic rings. The summed E-state index contributed by atoms with van der Waals surface area (Å²) in [6.45, 7) is -0.526. The fourth-order valence-corrected chi connectivity index (χ4v) is 2.44. The molecule has 2 atom stereocenters. The molecular weight excluding hydrogens is 269 g/mol. The van der Waals surface area contributed by atoms with Crippen LogP contribution in [0.3, 0.4) is 0 Å². The first-order valence-corrected chi connectivity index (χ1v) is 6.69. The fourth-order valence-electron chi connectivity index (χ4n) is 2.44. The molecule has 2 rings (SSSR count). The van der Waals surface area contributed by atoms with E-state index in [-0.39, 0.29) is 23.8 Å². The number of benzene rings is 2. The number of hydrogen-bond acceptors (Lipinski definition) is 3. The number of alkyl halides is 1. The zero-order valence-corrected chi connectivity index (χ0v) is 11.4. The Bertz CT molecular complexity index is 617. The molecule has 0 bridgehead atoms. The monoisotopic (exact) mass is 285 g/mol. The zero-order chi connectivity index (χ0) is 15.2. The van der Waals surface area contributed by atoms with E-state index in [1.807, 2.05) is 0 Å². The van der Waals surface area contributed by atoms with E-state index in [1.54, 1.807) is 24.3 Å². The summed E-state index contributed by atoms with van der Waals surface area (Å²) in [5.41, 5.74) is 1.55. The number of nitrogens with zero attached hydrogens (tertiary/aromatic N) is 1. The molecule has 0 spiro atoms. The Labute approximate surface area is 122 Å². The predicted molar refractivity (Wildman–Crippen MR) is 77.9 cm³/mol. The highest BCUT2D eigenvalue weighted by Gasteiger charge is 2.24. The molecular formula is C17H16FNO2. The molecule has 0 saturated carbocycles. The maximum atomic E-state index is 12.9. The van der Waals surface area contributed by atoms with Crippen LogP contribution in [0, 0.1) is 11.3 Å². The van der Waals surface area contributed by atoms with Gasteiger partial charge < -0.3 is 10.2 Å². The zero-order valence-electron chi connectivity index (χ0n) is 11.4. The third-order valence-corrected chi connectivity index (χ3v) is 3.54. The van der Waals surface area contributed by atoms with Gasteiger partial charge in [-0.1, -0.05) is 24.3 Å². The molecule has 0 aliphatic heterocycles. The predicted octanol–water partition coefficient (Wildman–Crippen LogP) is 3.85. The second kappa shape index (κ2) is 6.76. The third-order valence-electron chi connectivity index (χ3n) is 3.54. The van der Waals surface area contributed by atoms with Gasteiger partial charge in [0.25, 0.3) is 0 Å². The van der Waals surface area contributed by atoms with Crippen LogP contribution in [-0.2, 0) is 0 Å². The van der Waals surface area contributed by atoms with E-state index in [2.05, 4.69) is 6.07 Å². The van der Waals surface area contributed by atoms with Crippen LogP contribution in [0.4, 0.5) is 4.39 Å². The van der Waals surface area contributed by atoms with Crippen molar-refractivity contribution in [2.24, 2.45) is 0 Å². The van der Waals surface area contributed by atoms with E-state index >= 15 is 0 Å². The van der Waals surface area contributed by atoms with Crippen LogP contribution in [-0.4, -0.2) is 16.9 Å². The molecule has 2 aromatic carbocycles. The van der Waals surface area contributed by atoms with E-state index in [4.69, 9.17) is 0 Å². The Balaban J connectivity index is 2.36. The smallest absolute Gasteiger partial charge is 0.115 e. The summed E-state index contributed by atoms with van der Waals surface area (Å²) >= 11 is 0. The lowest BCUT2D eigenvalue weighted by molar-refractivity contribution is 0.424. The summed E-state index contributed by atoms with van der Waals surface area (Å²) in [6, 6.07) is 15.1. The molecule has 0 aliphatic carbocycles. The molecule has 108 valence electrons. The topological polar surface area (TPSA) is 64.2 Å². The number of rotatable bonds is 5. The number of phenols is 2. The molecule has 2 aromatic rings. The summed E-state index contributed by atoms with van der Waals surface area (Å²) in [7, 11) is 0. The Morgan fingerprint density at radius 2 is 1.38 bits per heavy atom. The van der Waals surface area contributed by atoms with Gasteiger partial charge in [-0.2, -0.15) is 5.26 Å². The van der Waals surface area contributed by atoms with Crippen LogP contribution < -0.4 is 0 Å². The van der Waals surface area contributed by atoms with Gasteiger partial charge >= 0.3 is 0 Å². The highest BCUT2D eigenvalue weighted by Crippen LogP contribution is 2.36. The summed E-state index contributed by atoms with van der Waals surface area (Å²) in [5.74, 6) is -0.547. The largest absolute Gasteiger partial charge is 0.508 e. The summed E-state index contributed by atoms with van der Waals surface area (Å²) in [6.07, 6.45) is 0.226. The van der Waals surface area contributed by atoms with E-state index in [1.165, 1.54) is 24.3 Å². The van der Waals surface area contributed by atoms with Gasteiger partial charge in [-0.15, -0.1) is 0 Å². The summed E-state index contributed by atoms with van der Waals surface area (Å²) in [4.78, 5) is 0. The van der Waals surface area contributed by atoms with Crippen molar-refractivity contribution in [3.63, 3.8) is 0 Å². The molecule has 0 fully saturated rings. The molecule has 0 unspecified atom stereocenters. The van der Waals surface area contributed by atoms with Crippen LogP contribution in [0.2, 0.25) is 0 Å². The maximum Gasteiger partial charge on any atom is 0.115 e. The number of aromatic hydroxyl groups is 2. The van der Waals surface area contributed by atoms with Gasteiger partial charge in [0, 0.05) is 5.92 Å². The van der Waals surface area contributed by atoms with Crippen molar-refractivity contribution in [1.29, 1.82) is 5.26 Å². The van der Waals surface area contributed by atoms with E-state index in [0.29, 0.717) is 0 Å². The van der Waals surface area contributed by atoms with Crippen molar-refractivity contribution in [1.82, 2.24) is 0 Å². The lowest BCUT2D eigenvalue weighted by Crippen LogP contribution is -2.11. The first kappa shape index (κ1) is 14.9.